The third kappa shape index (κ3) is 6.24. The SMILES string of the molecule is C=C(C)C(=O)Oc1ccc(-c2ccc(OC(=O)C(=C)C)c(OC(F)(F)F)c2)cc1. The number of ether oxygens (including phenoxy) is 3. The Labute approximate surface area is 165 Å². The van der Waals surface area contributed by atoms with Gasteiger partial charge in [0.15, 0.2) is 11.5 Å². The summed E-state index contributed by atoms with van der Waals surface area (Å²) in [7, 11) is 0. The summed E-state index contributed by atoms with van der Waals surface area (Å²) in [6.07, 6.45) is -4.98. The summed E-state index contributed by atoms with van der Waals surface area (Å²) in [5.41, 5.74) is 1.12. The predicted octanol–water partition coefficient (Wildman–Crippen LogP) is 5.22. The van der Waals surface area contributed by atoms with Gasteiger partial charge < -0.3 is 14.2 Å². The molecule has 0 fully saturated rings. The first-order chi connectivity index (χ1) is 13.5. The molecule has 0 aromatic heterocycles. The molecule has 0 radical (unpaired) electrons. The minimum absolute atomic E-state index is 0.0203. The van der Waals surface area contributed by atoms with Crippen molar-refractivity contribution in [2.24, 2.45) is 0 Å². The van der Waals surface area contributed by atoms with Gasteiger partial charge in [-0.15, -0.1) is 13.2 Å². The number of benzene rings is 2. The second-order valence-electron chi connectivity index (χ2n) is 6.07. The van der Waals surface area contributed by atoms with Gasteiger partial charge in [0.05, 0.1) is 0 Å². The quantitative estimate of drug-likeness (QED) is 0.374. The second kappa shape index (κ2) is 8.64. The van der Waals surface area contributed by atoms with Crippen LogP contribution < -0.4 is 14.2 Å². The number of rotatable bonds is 6. The summed E-state index contributed by atoms with van der Waals surface area (Å²) in [6.45, 7) is 9.72. The summed E-state index contributed by atoms with van der Waals surface area (Å²) in [6, 6.07) is 9.79. The summed E-state index contributed by atoms with van der Waals surface area (Å²) in [5.74, 6) is -2.30. The Bertz CT molecular complexity index is 959. The van der Waals surface area contributed by atoms with Crippen LogP contribution in [0.4, 0.5) is 13.2 Å². The number of esters is 2. The molecule has 0 amide bonds. The van der Waals surface area contributed by atoms with Crippen molar-refractivity contribution in [2.45, 2.75) is 20.2 Å². The second-order valence-corrected chi connectivity index (χ2v) is 6.07. The van der Waals surface area contributed by atoms with Crippen LogP contribution in [0, 0.1) is 0 Å². The molecule has 0 bridgehead atoms. The number of hydrogen-bond donors (Lipinski definition) is 0. The van der Waals surface area contributed by atoms with Crippen LogP contribution in [-0.2, 0) is 9.59 Å². The largest absolute Gasteiger partial charge is 0.573 e. The van der Waals surface area contributed by atoms with E-state index in [9.17, 15) is 22.8 Å². The molecule has 0 saturated heterocycles. The summed E-state index contributed by atoms with van der Waals surface area (Å²) in [5, 5.41) is 0. The summed E-state index contributed by atoms with van der Waals surface area (Å²) < 4.78 is 52.2. The van der Waals surface area contributed by atoms with Gasteiger partial charge >= 0.3 is 18.3 Å². The number of halogens is 3. The maximum Gasteiger partial charge on any atom is 0.573 e. The normalized spacial score (nSPS) is 10.8. The highest BCUT2D eigenvalue weighted by Gasteiger charge is 2.33. The molecule has 0 spiro atoms. The topological polar surface area (TPSA) is 61.8 Å². The first-order valence-corrected chi connectivity index (χ1v) is 8.22. The van der Waals surface area contributed by atoms with Crippen LogP contribution >= 0.6 is 0 Å². The fourth-order valence-corrected chi connectivity index (χ4v) is 2.07. The van der Waals surface area contributed by atoms with E-state index in [0.29, 0.717) is 11.1 Å². The fourth-order valence-electron chi connectivity index (χ4n) is 2.07. The molecule has 0 heterocycles. The van der Waals surface area contributed by atoms with E-state index in [1.807, 2.05) is 0 Å². The van der Waals surface area contributed by atoms with E-state index >= 15 is 0 Å². The molecule has 0 unspecified atom stereocenters. The van der Waals surface area contributed by atoms with Crippen LogP contribution in [0.5, 0.6) is 17.2 Å². The maximum atomic E-state index is 12.8. The molecular weight excluding hydrogens is 389 g/mol. The van der Waals surface area contributed by atoms with Crippen LogP contribution in [0.25, 0.3) is 11.1 Å². The molecule has 0 aliphatic rings. The Balaban J connectivity index is 2.34. The van der Waals surface area contributed by atoms with Gasteiger partial charge in [-0.25, -0.2) is 9.59 Å². The predicted molar refractivity (Wildman–Crippen MR) is 99.5 cm³/mol. The number of alkyl halides is 3. The Kier molecular flexibility index (Phi) is 6.48. The molecule has 2 rings (SSSR count). The zero-order valence-corrected chi connectivity index (χ0v) is 15.6. The van der Waals surface area contributed by atoms with Crippen molar-refractivity contribution in [2.75, 3.05) is 0 Å². The highest BCUT2D eigenvalue weighted by Crippen LogP contribution is 2.37. The third-order valence-electron chi connectivity index (χ3n) is 3.47. The number of hydrogen-bond acceptors (Lipinski definition) is 5. The standard InChI is InChI=1S/C21H17F3O5/c1-12(2)19(25)27-16-8-5-14(6-9-16)15-7-10-17(28-20(26)13(3)4)18(11-15)29-21(22,23)24/h5-11H,1,3H2,2,4H3. The Morgan fingerprint density at radius 3 is 1.83 bits per heavy atom. The lowest BCUT2D eigenvalue weighted by Crippen LogP contribution is -2.18. The first-order valence-electron chi connectivity index (χ1n) is 8.22. The van der Waals surface area contributed by atoms with Gasteiger partial charge in [-0.05, 0) is 49.2 Å². The van der Waals surface area contributed by atoms with Crippen molar-refractivity contribution in [3.8, 4) is 28.4 Å². The molecule has 29 heavy (non-hydrogen) atoms. The van der Waals surface area contributed by atoms with Gasteiger partial charge in [0.25, 0.3) is 0 Å². The van der Waals surface area contributed by atoms with Crippen molar-refractivity contribution in [3.63, 3.8) is 0 Å². The minimum atomic E-state index is -4.98. The van der Waals surface area contributed by atoms with E-state index in [1.54, 1.807) is 12.1 Å². The van der Waals surface area contributed by atoms with Gasteiger partial charge in [-0.3, -0.25) is 0 Å². The Morgan fingerprint density at radius 1 is 0.793 bits per heavy atom. The molecule has 2 aromatic carbocycles. The molecule has 2 aromatic rings. The molecule has 0 saturated carbocycles. The van der Waals surface area contributed by atoms with Crippen LogP contribution in [0.2, 0.25) is 0 Å². The maximum absolute atomic E-state index is 12.8. The highest BCUT2D eigenvalue weighted by atomic mass is 19.4. The molecule has 0 aliphatic heterocycles. The zero-order chi connectivity index (χ0) is 21.8. The summed E-state index contributed by atoms with van der Waals surface area (Å²) >= 11 is 0. The van der Waals surface area contributed by atoms with Crippen molar-refractivity contribution in [3.05, 3.63) is 66.8 Å². The summed E-state index contributed by atoms with van der Waals surface area (Å²) in [4.78, 5) is 23.2. The molecule has 5 nitrogen and oxygen atoms in total. The lowest BCUT2D eigenvalue weighted by Gasteiger charge is -2.15. The monoisotopic (exact) mass is 406 g/mol. The molecule has 8 heteroatoms. The minimum Gasteiger partial charge on any atom is -0.423 e. The van der Waals surface area contributed by atoms with E-state index < -0.39 is 29.8 Å². The molecule has 152 valence electrons. The van der Waals surface area contributed by atoms with E-state index in [1.165, 1.54) is 38.1 Å². The zero-order valence-electron chi connectivity index (χ0n) is 15.6. The average molecular weight is 406 g/mol. The Morgan fingerprint density at radius 2 is 1.31 bits per heavy atom. The van der Waals surface area contributed by atoms with E-state index in [0.717, 1.165) is 6.07 Å². The smallest absolute Gasteiger partial charge is 0.423 e. The molecular formula is C21H17F3O5. The fraction of sp³-hybridized carbons (Fsp3) is 0.143. The van der Waals surface area contributed by atoms with Crippen LogP contribution in [-0.4, -0.2) is 18.3 Å². The van der Waals surface area contributed by atoms with E-state index in [2.05, 4.69) is 17.9 Å². The Hall–Kier alpha value is -3.55. The average Bonchev–Trinajstić information content (AvgIpc) is 2.62. The molecule has 0 atom stereocenters. The van der Waals surface area contributed by atoms with Gasteiger partial charge in [-0.2, -0.15) is 0 Å². The van der Waals surface area contributed by atoms with Crippen LogP contribution in [0.15, 0.2) is 66.8 Å². The van der Waals surface area contributed by atoms with E-state index in [4.69, 9.17) is 9.47 Å². The first kappa shape index (κ1) is 21.7. The van der Waals surface area contributed by atoms with Gasteiger partial charge in [-0.1, -0.05) is 31.4 Å². The van der Waals surface area contributed by atoms with Crippen LogP contribution in [0.3, 0.4) is 0 Å². The lowest BCUT2D eigenvalue weighted by atomic mass is 10.0. The van der Waals surface area contributed by atoms with Crippen molar-refractivity contribution in [1.29, 1.82) is 0 Å². The van der Waals surface area contributed by atoms with Gasteiger partial charge in [0.2, 0.25) is 0 Å². The van der Waals surface area contributed by atoms with Crippen molar-refractivity contribution >= 4 is 11.9 Å². The van der Waals surface area contributed by atoms with Crippen molar-refractivity contribution in [1.82, 2.24) is 0 Å². The van der Waals surface area contributed by atoms with Crippen molar-refractivity contribution < 1.29 is 37.0 Å². The lowest BCUT2D eigenvalue weighted by molar-refractivity contribution is -0.275. The third-order valence-corrected chi connectivity index (χ3v) is 3.47. The van der Waals surface area contributed by atoms with Crippen LogP contribution in [0.1, 0.15) is 13.8 Å². The molecule has 0 N–H and O–H groups in total. The van der Waals surface area contributed by atoms with E-state index in [-0.39, 0.29) is 16.9 Å². The van der Waals surface area contributed by atoms with Gasteiger partial charge in [0.1, 0.15) is 5.75 Å². The number of carbonyl (C=O) groups excluding carboxylic acids is 2. The highest BCUT2D eigenvalue weighted by molar-refractivity contribution is 5.89. The molecule has 0 aliphatic carbocycles. The number of carbonyl (C=O) groups is 2. The van der Waals surface area contributed by atoms with Gasteiger partial charge in [0, 0.05) is 11.1 Å².